The second kappa shape index (κ2) is 3.83. The molecule has 0 atom stereocenters. The van der Waals surface area contributed by atoms with Crippen molar-refractivity contribution in [1.82, 2.24) is 0 Å². The van der Waals surface area contributed by atoms with E-state index in [1.165, 1.54) is 0 Å². The molecule has 5 heteroatoms. The summed E-state index contributed by atoms with van der Waals surface area (Å²) in [5.41, 5.74) is 5.92. The predicted octanol–water partition coefficient (Wildman–Crippen LogP) is 1.46. The van der Waals surface area contributed by atoms with Crippen molar-refractivity contribution < 1.29 is 5.11 Å². The minimum absolute atomic E-state index is 0.143. The van der Waals surface area contributed by atoms with Crippen LogP contribution < -0.4 is 10.1 Å². The van der Waals surface area contributed by atoms with Gasteiger partial charge in [0.05, 0.1) is 0 Å². The van der Waals surface area contributed by atoms with Crippen LogP contribution in [0.4, 0.5) is 5.69 Å². The van der Waals surface area contributed by atoms with Crippen molar-refractivity contribution >= 4 is 48.8 Å². The molecule has 0 aliphatic heterocycles. The first-order valence-corrected chi connectivity index (χ1v) is 12.5. The summed E-state index contributed by atoms with van der Waals surface area (Å²) < 4.78 is 1.13. The van der Waals surface area contributed by atoms with Crippen LogP contribution in [0.3, 0.4) is 0 Å². The Morgan fingerprint density at radius 3 is 2.45 bits per heavy atom. The first-order valence-electron chi connectivity index (χ1n) is 2.81. The van der Waals surface area contributed by atoms with E-state index in [-0.39, 0.29) is 5.75 Å². The average Bonchev–Trinajstić information content (AvgIpc) is 1.94. The number of phenols is 1. The molecule has 0 amide bonds. The number of benzene rings is 1. The fourth-order valence-corrected chi connectivity index (χ4v) is 3.83. The molecule has 0 radical (unpaired) electrons. The number of hydrogen-bond donors (Lipinski definition) is 2. The first-order chi connectivity index (χ1) is 5.11. The van der Waals surface area contributed by atoms with Gasteiger partial charge in [0.25, 0.3) is 0 Å². The van der Waals surface area contributed by atoms with Gasteiger partial charge in [-0.15, -0.1) is 0 Å². The summed E-state index contributed by atoms with van der Waals surface area (Å²) in [6.45, 7) is 0. The van der Waals surface area contributed by atoms with E-state index in [0.717, 1.165) is 4.35 Å². The molecule has 60 valence electrons. The van der Waals surface area contributed by atoms with E-state index in [1.807, 2.05) is 6.07 Å². The number of nitrogen functional groups attached to an aromatic ring is 1. The Labute approximate surface area is 83.2 Å². The van der Waals surface area contributed by atoms with Gasteiger partial charge in [-0.1, -0.05) is 0 Å². The zero-order valence-corrected chi connectivity index (χ0v) is 10.5. The molecular weight excluding hydrogens is 337 g/mol. The Balaban J connectivity index is 3.05. The van der Waals surface area contributed by atoms with Crippen LogP contribution in [0.15, 0.2) is 18.2 Å². The van der Waals surface area contributed by atoms with Crippen LogP contribution in [0.25, 0.3) is 0 Å². The molecular formula is C6H6AsBr2NO. The molecule has 0 bridgehead atoms. The number of hydrogen-bond acceptors (Lipinski definition) is 2. The van der Waals surface area contributed by atoms with Gasteiger partial charge >= 0.3 is 83.6 Å². The normalized spacial score (nSPS) is 10.5. The first kappa shape index (κ1) is 9.43. The SMILES string of the molecule is Nc1cc([As](Br)Br)ccc1O. The van der Waals surface area contributed by atoms with E-state index in [9.17, 15) is 0 Å². The van der Waals surface area contributed by atoms with Crippen molar-refractivity contribution in [3.63, 3.8) is 0 Å². The molecule has 0 spiro atoms. The van der Waals surface area contributed by atoms with Gasteiger partial charge in [-0.2, -0.15) is 0 Å². The molecule has 0 aromatic heterocycles. The quantitative estimate of drug-likeness (QED) is 0.461. The summed E-state index contributed by atoms with van der Waals surface area (Å²) in [5.74, 6) is 0.143. The van der Waals surface area contributed by atoms with Crippen LogP contribution in [-0.2, 0) is 0 Å². The molecule has 2 nitrogen and oxygen atoms in total. The Morgan fingerprint density at radius 2 is 2.00 bits per heavy atom. The van der Waals surface area contributed by atoms with Crippen LogP contribution in [0, 0.1) is 0 Å². The van der Waals surface area contributed by atoms with Crippen LogP contribution in [0.2, 0.25) is 0 Å². The summed E-state index contributed by atoms with van der Waals surface area (Å²) in [4.78, 5) is 0. The predicted molar refractivity (Wildman–Crippen MR) is 55.8 cm³/mol. The third-order valence-electron chi connectivity index (χ3n) is 1.21. The van der Waals surface area contributed by atoms with Gasteiger partial charge in [-0.3, -0.25) is 0 Å². The van der Waals surface area contributed by atoms with Crippen molar-refractivity contribution in [2.45, 2.75) is 0 Å². The molecule has 1 aromatic carbocycles. The Kier molecular flexibility index (Phi) is 3.28. The van der Waals surface area contributed by atoms with Crippen molar-refractivity contribution in [1.29, 1.82) is 0 Å². The minimum atomic E-state index is -1.20. The molecule has 0 aliphatic carbocycles. The number of halogens is 2. The molecule has 0 saturated carbocycles. The standard InChI is InChI=1S/C6H6AsBr2NO/c8-7(9)4-1-2-6(11)5(10)3-4/h1-3,11H,10H2. The summed E-state index contributed by atoms with van der Waals surface area (Å²) in [5, 5.41) is 9.09. The van der Waals surface area contributed by atoms with Gasteiger partial charge in [0, 0.05) is 0 Å². The van der Waals surface area contributed by atoms with Gasteiger partial charge in [0.2, 0.25) is 0 Å². The number of rotatable bonds is 1. The van der Waals surface area contributed by atoms with Gasteiger partial charge in [-0.25, -0.2) is 0 Å². The van der Waals surface area contributed by atoms with Crippen molar-refractivity contribution in [3.8, 4) is 5.75 Å². The van der Waals surface area contributed by atoms with Crippen molar-refractivity contribution in [2.24, 2.45) is 0 Å². The van der Waals surface area contributed by atoms with Gasteiger partial charge in [0.15, 0.2) is 0 Å². The second-order valence-corrected chi connectivity index (χ2v) is 16.4. The van der Waals surface area contributed by atoms with Gasteiger partial charge in [0.1, 0.15) is 0 Å². The fourth-order valence-electron chi connectivity index (χ4n) is 0.647. The van der Waals surface area contributed by atoms with Crippen molar-refractivity contribution in [3.05, 3.63) is 18.2 Å². The molecule has 0 aliphatic rings. The molecule has 0 saturated heterocycles. The summed E-state index contributed by atoms with van der Waals surface area (Å²) in [6.07, 6.45) is 0. The third-order valence-corrected chi connectivity index (χ3v) is 6.86. The van der Waals surface area contributed by atoms with Gasteiger partial charge in [-0.05, 0) is 0 Å². The van der Waals surface area contributed by atoms with Crippen LogP contribution in [0.5, 0.6) is 5.75 Å². The van der Waals surface area contributed by atoms with Crippen molar-refractivity contribution in [2.75, 3.05) is 5.73 Å². The summed E-state index contributed by atoms with van der Waals surface area (Å²) >= 11 is 6.93. The average molecular weight is 343 g/mol. The van der Waals surface area contributed by atoms with E-state index in [0.29, 0.717) is 5.69 Å². The summed E-state index contributed by atoms with van der Waals surface area (Å²) in [6, 6.07) is 5.24. The fraction of sp³-hybridized carbons (Fsp3) is 0. The molecule has 0 heterocycles. The van der Waals surface area contributed by atoms with Crippen LogP contribution in [0.1, 0.15) is 0 Å². The third kappa shape index (κ3) is 2.39. The van der Waals surface area contributed by atoms with Gasteiger partial charge < -0.3 is 0 Å². The molecule has 1 rings (SSSR count). The molecule has 0 fully saturated rings. The molecule has 3 N–H and O–H groups in total. The Morgan fingerprint density at radius 1 is 1.36 bits per heavy atom. The Hall–Kier alpha value is 0.338. The number of aromatic hydroxyl groups is 1. The number of anilines is 1. The molecule has 1 aromatic rings. The van der Waals surface area contributed by atoms with Crippen LogP contribution in [-0.4, -0.2) is 16.0 Å². The van der Waals surface area contributed by atoms with E-state index in [1.54, 1.807) is 12.1 Å². The van der Waals surface area contributed by atoms with E-state index >= 15 is 0 Å². The Bertz CT molecular complexity index is 267. The monoisotopic (exact) mass is 341 g/mol. The second-order valence-electron chi connectivity index (χ2n) is 1.98. The number of phenolic OH excluding ortho intramolecular Hbond substituents is 1. The van der Waals surface area contributed by atoms with E-state index < -0.39 is 10.9 Å². The van der Waals surface area contributed by atoms with E-state index in [4.69, 9.17) is 10.8 Å². The zero-order valence-electron chi connectivity index (χ0n) is 5.46. The zero-order chi connectivity index (χ0) is 8.43. The van der Waals surface area contributed by atoms with E-state index in [2.05, 4.69) is 27.9 Å². The number of nitrogens with two attached hydrogens (primary N) is 1. The summed E-state index contributed by atoms with van der Waals surface area (Å²) in [7, 11) is -1.20. The van der Waals surface area contributed by atoms with Crippen LogP contribution >= 0.6 is 27.9 Å². The maximum atomic E-state index is 9.09. The molecule has 11 heavy (non-hydrogen) atoms. The topological polar surface area (TPSA) is 46.2 Å². The molecule has 0 unspecified atom stereocenters. The maximum absolute atomic E-state index is 9.09.